The summed E-state index contributed by atoms with van der Waals surface area (Å²) in [6.07, 6.45) is 0. The maximum atomic E-state index is 12.5. The number of hydrogen-bond donors (Lipinski definition) is 0. The molecule has 0 N–H and O–H groups in total. The van der Waals surface area contributed by atoms with E-state index in [1.807, 2.05) is 13.8 Å². The third-order valence-electron chi connectivity index (χ3n) is 3.33. The van der Waals surface area contributed by atoms with Gasteiger partial charge in [-0.25, -0.2) is 0 Å². The first-order chi connectivity index (χ1) is 10.1. The van der Waals surface area contributed by atoms with Crippen molar-refractivity contribution < 1.29 is 17.1 Å². The Bertz CT molecular complexity index is 790. The molecular weight excluding hydrogens is 326 g/mol. The summed E-state index contributed by atoms with van der Waals surface area (Å²) in [4.78, 5) is -0.0326. The first kappa shape index (κ1) is 16.8. The van der Waals surface area contributed by atoms with E-state index in [4.69, 9.17) is 20.3 Å². The molecule has 0 unspecified atom stereocenters. The molecule has 5 nitrogen and oxygen atoms in total. The second kappa shape index (κ2) is 5.93. The number of halogens is 1. The van der Waals surface area contributed by atoms with Gasteiger partial charge in [0.2, 0.25) is 0 Å². The highest BCUT2D eigenvalue weighted by Gasteiger charge is 2.27. The maximum absolute atomic E-state index is 12.5. The summed E-state index contributed by atoms with van der Waals surface area (Å²) in [7, 11) is -4.02. The molecule has 0 atom stereocenters. The zero-order chi connectivity index (χ0) is 16.7. The second-order valence-corrected chi connectivity index (χ2v) is 7.38. The molecule has 0 aliphatic rings. The lowest BCUT2D eigenvalue weighted by Gasteiger charge is -2.15. The van der Waals surface area contributed by atoms with Crippen molar-refractivity contribution in [3.8, 4) is 5.75 Å². The largest absolute Gasteiger partial charge is 0.379 e. The summed E-state index contributed by atoms with van der Waals surface area (Å²) in [5, 5.41) is 4.23. The predicted molar refractivity (Wildman–Crippen MR) is 84.1 cm³/mol. The van der Waals surface area contributed by atoms with Crippen LogP contribution >= 0.6 is 11.6 Å². The Morgan fingerprint density at radius 3 is 2.36 bits per heavy atom. The van der Waals surface area contributed by atoms with Crippen molar-refractivity contribution in [3.63, 3.8) is 0 Å². The second-order valence-electron chi connectivity index (χ2n) is 5.48. The van der Waals surface area contributed by atoms with Crippen molar-refractivity contribution in [1.82, 2.24) is 5.16 Å². The molecule has 22 heavy (non-hydrogen) atoms. The van der Waals surface area contributed by atoms with Crippen LogP contribution in [0.1, 0.15) is 42.3 Å². The van der Waals surface area contributed by atoms with Crippen molar-refractivity contribution >= 4 is 21.7 Å². The van der Waals surface area contributed by atoms with Crippen molar-refractivity contribution in [2.45, 2.75) is 45.4 Å². The van der Waals surface area contributed by atoms with Gasteiger partial charge in [0, 0.05) is 5.02 Å². The monoisotopic (exact) mass is 343 g/mol. The van der Waals surface area contributed by atoms with Crippen LogP contribution in [0.15, 0.2) is 21.6 Å². The van der Waals surface area contributed by atoms with E-state index < -0.39 is 10.1 Å². The minimum absolute atomic E-state index is 0.0326. The van der Waals surface area contributed by atoms with Crippen LogP contribution < -0.4 is 4.18 Å². The molecule has 1 aromatic heterocycles. The van der Waals surface area contributed by atoms with Crippen LogP contribution in [0.3, 0.4) is 0 Å². The molecule has 0 aliphatic heterocycles. The first-order valence-corrected chi connectivity index (χ1v) is 8.59. The van der Waals surface area contributed by atoms with Gasteiger partial charge in [0.25, 0.3) is 0 Å². The quantitative estimate of drug-likeness (QED) is 0.780. The molecule has 0 saturated heterocycles. The molecule has 2 aromatic rings. The third kappa shape index (κ3) is 3.13. The number of nitrogens with zero attached hydrogens (tertiary/aromatic N) is 1. The number of hydrogen-bond acceptors (Lipinski definition) is 5. The van der Waals surface area contributed by atoms with E-state index in [0.717, 1.165) is 11.1 Å². The Morgan fingerprint density at radius 2 is 1.86 bits per heavy atom. The smallest absolute Gasteiger partial charge is 0.344 e. The lowest BCUT2D eigenvalue weighted by atomic mass is 10.0. The lowest BCUT2D eigenvalue weighted by molar-refractivity contribution is 0.389. The molecule has 1 aromatic carbocycles. The molecule has 1 heterocycles. The molecule has 0 aliphatic carbocycles. The molecule has 2 rings (SSSR count). The topological polar surface area (TPSA) is 69.4 Å². The minimum atomic E-state index is -4.02. The molecule has 7 heteroatoms. The van der Waals surface area contributed by atoms with Gasteiger partial charge in [-0.3, -0.25) is 0 Å². The van der Waals surface area contributed by atoms with Gasteiger partial charge in [0.1, 0.15) is 11.4 Å². The Labute approximate surface area is 135 Å². The summed E-state index contributed by atoms with van der Waals surface area (Å²) in [5.41, 5.74) is 1.75. The Hall–Kier alpha value is -1.53. The molecule has 0 bridgehead atoms. The fourth-order valence-corrected chi connectivity index (χ4v) is 3.61. The van der Waals surface area contributed by atoms with Gasteiger partial charge in [0.05, 0.1) is 0 Å². The van der Waals surface area contributed by atoms with Crippen molar-refractivity contribution in [2.24, 2.45) is 0 Å². The lowest BCUT2D eigenvalue weighted by Crippen LogP contribution is -2.13. The highest BCUT2D eigenvalue weighted by molar-refractivity contribution is 7.87. The fourth-order valence-electron chi connectivity index (χ4n) is 2.19. The third-order valence-corrected chi connectivity index (χ3v) is 5.22. The van der Waals surface area contributed by atoms with Crippen molar-refractivity contribution in [1.29, 1.82) is 0 Å². The molecule has 0 radical (unpaired) electrons. The number of aromatic nitrogens is 1. The van der Waals surface area contributed by atoms with Gasteiger partial charge in [-0.2, -0.15) is 8.42 Å². The van der Waals surface area contributed by atoms with Crippen LogP contribution in [0.25, 0.3) is 0 Å². The fraction of sp³-hybridized carbons (Fsp3) is 0.400. The zero-order valence-corrected chi connectivity index (χ0v) is 14.7. The summed E-state index contributed by atoms with van der Waals surface area (Å²) in [6.45, 7) is 8.77. The Balaban J connectivity index is 2.53. The molecule has 0 fully saturated rings. The van der Waals surface area contributed by atoms with E-state index >= 15 is 0 Å². The molecule has 0 amide bonds. The predicted octanol–water partition coefficient (Wildman–Crippen LogP) is 4.14. The van der Waals surface area contributed by atoms with Gasteiger partial charge in [0.15, 0.2) is 10.7 Å². The summed E-state index contributed by atoms with van der Waals surface area (Å²) in [6, 6.07) is 3.37. The van der Waals surface area contributed by atoms with E-state index in [1.54, 1.807) is 26.0 Å². The van der Waals surface area contributed by atoms with Gasteiger partial charge >= 0.3 is 10.1 Å². The summed E-state index contributed by atoms with van der Waals surface area (Å²) >= 11 is 6.12. The number of aryl methyl sites for hydroxylation is 3. The van der Waals surface area contributed by atoms with Crippen LogP contribution in [0, 0.1) is 20.8 Å². The highest BCUT2D eigenvalue weighted by atomic mass is 35.5. The van der Waals surface area contributed by atoms with Crippen LogP contribution in [-0.4, -0.2) is 13.6 Å². The van der Waals surface area contributed by atoms with Crippen molar-refractivity contribution in [2.75, 3.05) is 0 Å². The SMILES string of the molecule is Cc1cc(OS(=O)(=O)c2c(C)noc2C)c(C(C)C)cc1Cl. The summed E-state index contributed by atoms with van der Waals surface area (Å²) < 4.78 is 35.3. The van der Waals surface area contributed by atoms with Gasteiger partial charge < -0.3 is 8.71 Å². The molecule has 0 saturated carbocycles. The molecule has 0 spiro atoms. The van der Waals surface area contributed by atoms with Crippen molar-refractivity contribution in [3.05, 3.63) is 39.7 Å². The molecule has 120 valence electrons. The van der Waals surface area contributed by atoms with E-state index in [-0.39, 0.29) is 28.0 Å². The normalized spacial score (nSPS) is 12.0. The Kier molecular flexibility index (Phi) is 4.54. The van der Waals surface area contributed by atoms with E-state index in [9.17, 15) is 8.42 Å². The van der Waals surface area contributed by atoms with Crippen LogP contribution in [-0.2, 0) is 10.1 Å². The van der Waals surface area contributed by atoms with Crippen LogP contribution in [0.5, 0.6) is 5.75 Å². The number of benzene rings is 1. The van der Waals surface area contributed by atoms with Gasteiger partial charge in [-0.05, 0) is 49.9 Å². The van der Waals surface area contributed by atoms with Gasteiger partial charge in [-0.1, -0.05) is 30.6 Å². The van der Waals surface area contributed by atoms with E-state index in [2.05, 4.69) is 5.16 Å². The first-order valence-electron chi connectivity index (χ1n) is 6.81. The van der Waals surface area contributed by atoms with E-state index in [0.29, 0.717) is 5.02 Å². The van der Waals surface area contributed by atoms with E-state index in [1.165, 1.54) is 6.92 Å². The maximum Gasteiger partial charge on any atom is 0.344 e. The number of rotatable bonds is 4. The van der Waals surface area contributed by atoms with Crippen LogP contribution in [0.4, 0.5) is 0 Å². The Morgan fingerprint density at radius 1 is 1.23 bits per heavy atom. The average molecular weight is 344 g/mol. The summed E-state index contributed by atoms with van der Waals surface area (Å²) in [5.74, 6) is 0.541. The minimum Gasteiger partial charge on any atom is -0.379 e. The average Bonchev–Trinajstić information content (AvgIpc) is 2.73. The highest BCUT2D eigenvalue weighted by Crippen LogP contribution is 2.34. The van der Waals surface area contributed by atoms with Gasteiger partial charge in [-0.15, -0.1) is 0 Å². The molecular formula is C15H18ClNO4S. The standard InChI is InChI=1S/C15H18ClNO4S/c1-8(2)12-7-13(16)9(3)6-14(12)21-22(18,19)15-10(4)17-20-11(15)5/h6-8H,1-5H3. The van der Waals surface area contributed by atoms with Crippen LogP contribution in [0.2, 0.25) is 5.02 Å². The zero-order valence-electron chi connectivity index (χ0n) is 13.1.